The Morgan fingerprint density at radius 2 is 1.77 bits per heavy atom. The molecule has 26 heavy (non-hydrogen) atoms. The summed E-state index contributed by atoms with van der Waals surface area (Å²) >= 11 is 6.35. The molecular weight excluding hydrogens is 356 g/mol. The number of amides is 1. The number of hydrogen-bond acceptors (Lipinski definition) is 5. The molecule has 0 N–H and O–H groups in total. The van der Waals surface area contributed by atoms with Crippen molar-refractivity contribution >= 4 is 36.1 Å². The lowest BCUT2D eigenvalue weighted by Gasteiger charge is -2.37. The van der Waals surface area contributed by atoms with Crippen molar-refractivity contribution in [3.8, 4) is 0 Å². The number of benzene rings is 1. The highest BCUT2D eigenvalue weighted by atomic mass is 35.5. The third kappa shape index (κ3) is 3.24. The van der Waals surface area contributed by atoms with Crippen LogP contribution in [-0.2, 0) is 18.8 Å². The Balaban J connectivity index is 1.71. The van der Waals surface area contributed by atoms with Gasteiger partial charge in [-0.05, 0) is 45.3 Å². The molecule has 2 saturated heterocycles. The summed E-state index contributed by atoms with van der Waals surface area (Å²) in [6.45, 7) is 8.62. The van der Waals surface area contributed by atoms with Gasteiger partial charge in [0.1, 0.15) is 0 Å². The second kappa shape index (κ2) is 6.55. The van der Waals surface area contributed by atoms with Crippen LogP contribution in [0.5, 0.6) is 0 Å². The number of carbonyl (C=O) groups excluding carboxylic acids is 2. The Bertz CT molecular complexity index is 729. The van der Waals surface area contributed by atoms with Gasteiger partial charge in [0.15, 0.2) is 0 Å². The lowest BCUT2D eigenvalue weighted by atomic mass is 9.78. The van der Waals surface area contributed by atoms with Crippen LogP contribution in [0.15, 0.2) is 18.2 Å². The van der Waals surface area contributed by atoms with Gasteiger partial charge in [0.05, 0.1) is 34.8 Å². The molecule has 1 amide bonds. The van der Waals surface area contributed by atoms with Crippen molar-refractivity contribution < 1.29 is 23.6 Å². The summed E-state index contributed by atoms with van der Waals surface area (Å²) in [5.74, 6) is -0.751. The maximum absolute atomic E-state index is 12.6. The summed E-state index contributed by atoms with van der Waals surface area (Å²) in [7, 11) is 0.812. The predicted octanol–water partition coefficient (Wildman–Crippen LogP) is 1.88. The van der Waals surface area contributed by atoms with Gasteiger partial charge in [-0.15, -0.1) is 0 Å². The van der Waals surface area contributed by atoms with E-state index in [2.05, 4.69) is 4.74 Å². The van der Waals surface area contributed by atoms with Crippen molar-refractivity contribution in [2.75, 3.05) is 20.2 Å². The minimum Gasteiger partial charge on any atom is -0.469 e. The van der Waals surface area contributed by atoms with Gasteiger partial charge < -0.3 is 18.9 Å². The van der Waals surface area contributed by atoms with Crippen LogP contribution in [0, 0.1) is 5.92 Å². The Morgan fingerprint density at radius 3 is 2.27 bits per heavy atom. The normalized spacial score (nSPS) is 21.5. The standard InChI is InChI=1S/C18H23BClNO5/c1-17(2)18(3,4)26-19(25-17)12-6-7-13(14(20)8-12)15(22)21-9-11(10-21)16(23)24-5/h6-8,11H,9-10H2,1-5H3. The van der Waals surface area contributed by atoms with Gasteiger partial charge in [-0.3, -0.25) is 9.59 Å². The van der Waals surface area contributed by atoms with E-state index in [1.54, 1.807) is 23.1 Å². The maximum atomic E-state index is 12.6. The van der Waals surface area contributed by atoms with E-state index in [1.807, 2.05) is 27.7 Å². The van der Waals surface area contributed by atoms with E-state index in [9.17, 15) is 9.59 Å². The lowest BCUT2D eigenvalue weighted by Crippen LogP contribution is -2.53. The number of ether oxygens (including phenoxy) is 1. The zero-order valence-electron chi connectivity index (χ0n) is 15.7. The third-order valence-corrected chi connectivity index (χ3v) is 5.76. The molecule has 6 nitrogen and oxygen atoms in total. The van der Waals surface area contributed by atoms with Crippen molar-refractivity contribution in [3.05, 3.63) is 28.8 Å². The Hall–Kier alpha value is -1.57. The molecular formula is C18H23BClNO5. The molecule has 2 aliphatic rings. The zero-order chi connectivity index (χ0) is 19.3. The van der Waals surface area contributed by atoms with Gasteiger partial charge in [0, 0.05) is 13.1 Å². The summed E-state index contributed by atoms with van der Waals surface area (Å²) in [6, 6.07) is 5.17. The molecule has 0 spiro atoms. The van der Waals surface area contributed by atoms with E-state index in [0.717, 1.165) is 5.46 Å². The number of methoxy groups -OCH3 is 1. The second-order valence-corrected chi connectivity index (χ2v) is 8.16. The van der Waals surface area contributed by atoms with Gasteiger partial charge in [0.25, 0.3) is 5.91 Å². The number of halogens is 1. The zero-order valence-corrected chi connectivity index (χ0v) is 16.4. The van der Waals surface area contributed by atoms with Crippen LogP contribution >= 0.6 is 11.6 Å². The Morgan fingerprint density at radius 1 is 1.19 bits per heavy atom. The summed E-state index contributed by atoms with van der Waals surface area (Å²) in [5, 5.41) is 0.337. The van der Waals surface area contributed by atoms with Crippen molar-refractivity contribution in [3.63, 3.8) is 0 Å². The number of nitrogens with zero attached hydrogens (tertiary/aromatic N) is 1. The largest absolute Gasteiger partial charge is 0.494 e. The van der Waals surface area contributed by atoms with Crippen LogP contribution in [0.2, 0.25) is 5.02 Å². The molecule has 8 heteroatoms. The molecule has 0 aliphatic carbocycles. The highest BCUT2D eigenvalue weighted by molar-refractivity contribution is 6.62. The molecule has 0 saturated carbocycles. The van der Waals surface area contributed by atoms with Crippen molar-refractivity contribution in [1.29, 1.82) is 0 Å². The average Bonchev–Trinajstić information content (AvgIpc) is 2.73. The van der Waals surface area contributed by atoms with E-state index in [1.165, 1.54) is 7.11 Å². The van der Waals surface area contributed by atoms with Crippen LogP contribution < -0.4 is 5.46 Å². The Labute approximate surface area is 158 Å². The topological polar surface area (TPSA) is 65.1 Å². The number of carbonyl (C=O) groups is 2. The van der Waals surface area contributed by atoms with Crippen LogP contribution in [0.1, 0.15) is 38.1 Å². The van der Waals surface area contributed by atoms with Gasteiger partial charge in [-0.1, -0.05) is 17.7 Å². The molecule has 2 fully saturated rings. The first-order valence-corrected chi connectivity index (χ1v) is 8.96. The fraction of sp³-hybridized carbons (Fsp3) is 0.556. The summed E-state index contributed by atoms with van der Waals surface area (Å²) in [5.41, 5.74) is 0.273. The van der Waals surface area contributed by atoms with Gasteiger partial charge >= 0.3 is 13.1 Å². The predicted molar refractivity (Wildman–Crippen MR) is 98.6 cm³/mol. The Kier molecular flexibility index (Phi) is 4.84. The molecule has 0 bridgehead atoms. The van der Waals surface area contributed by atoms with E-state index < -0.39 is 18.3 Å². The minimum atomic E-state index is -0.533. The molecule has 140 valence electrons. The van der Waals surface area contributed by atoms with Gasteiger partial charge in [-0.2, -0.15) is 0 Å². The first-order chi connectivity index (χ1) is 12.1. The van der Waals surface area contributed by atoms with Crippen molar-refractivity contribution in [1.82, 2.24) is 4.90 Å². The van der Waals surface area contributed by atoms with E-state index in [-0.39, 0.29) is 17.8 Å². The fourth-order valence-electron chi connectivity index (χ4n) is 2.96. The molecule has 1 aromatic carbocycles. The van der Waals surface area contributed by atoms with Gasteiger partial charge in [0.2, 0.25) is 0 Å². The average molecular weight is 380 g/mol. The molecule has 3 rings (SSSR count). The summed E-state index contributed by atoms with van der Waals surface area (Å²) in [4.78, 5) is 25.6. The lowest BCUT2D eigenvalue weighted by molar-refractivity contribution is -0.149. The van der Waals surface area contributed by atoms with Crippen LogP contribution in [0.3, 0.4) is 0 Å². The highest BCUT2D eigenvalue weighted by Crippen LogP contribution is 2.36. The highest BCUT2D eigenvalue weighted by Gasteiger charge is 2.51. The van der Waals surface area contributed by atoms with Crippen LogP contribution in [-0.4, -0.2) is 55.3 Å². The molecule has 0 atom stereocenters. The number of likely N-dealkylation sites (tertiary alicyclic amines) is 1. The van der Waals surface area contributed by atoms with E-state index in [4.69, 9.17) is 20.9 Å². The molecule has 2 heterocycles. The van der Waals surface area contributed by atoms with E-state index >= 15 is 0 Å². The molecule has 0 unspecified atom stereocenters. The van der Waals surface area contributed by atoms with Gasteiger partial charge in [-0.25, -0.2) is 0 Å². The summed E-state index contributed by atoms with van der Waals surface area (Å²) in [6.07, 6.45) is 0. The molecule has 2 aliphatic heterocycles. The second-order valence-electron chi connectivity index (χ2n) is 7.76. The summed E-state index contributed by atoms with van der Waals surface area (Å²) < 4.78 is 16.7. The van der Waals surface area contributed by atoms with E-state index in [0.29, 0.717) is 23.7 Å². The molecule has 0 aromatic heterocycles. The van der Waals surface area contributed by atoms with Crippen LogP contribution in [0.25, 0.3) is 0 Å². The maximum Gasteiger partial charge on any atom is 0.494 e. The SMILES string of the molecule is COC(=O)C1CN(C(=O)c2ccc(B3OC(C)(C)C(C)(C)O3)cc2Cl)C1. The smallest absolute Gasteiger partial charge is 0.469 e. The first kappa shape index (κ1) is 19.2. The van der Waals surface area contributed by atoms with Crippen LogP contribution in [0.4, 0.5) is 0 Å². The number of hydrogen-bond donors (Lipinski definition) is 0. The van der Waals surface area contributed by atoms with Crippen molar-refractivity contribution in [2.45, 2.75) is 38.9 Å². The van der Waals surface area contributed by atoms with Crippen molar-refractivity contribution in [2.24, 2.45) is 5.92 Å². The number of esters is 1. The quantitative estimate of drug-likeness (QED) is 0.593. The monoisotopic (exact) mass is 379 g/mol. The fourth-order valence-corrected chi connectivity index (χ4v) is 3.23. The molecule has 1 aromatic rings. The third-order valence-electron chi connectivity index (χ3n) is 5.45. The minimum absolute atomic E-state index is 0.198. The number of rotatable bonds is 3. The molecule has 0 radical (unpaired) electrons. The first-order valence-electron chi connectivity index (χ1n) is 8.58.